The third-order valence-electron chi connectivity index (χ3n) is 5.85. The van der Waals surface area contributed by atoms with Crippen molar-refractivity contribution in [2.24, 2.45) is 5.16 Å². The molecule has 2 aromatic heterocycles. The summed E-state index contributed by atoms with van der Waals surface area (Å²) in [6.07, 6.45) is 1.87. The number of pyridine rings is 1. The van der Waals surface area contributed by atoms with Crippen molar-refractivity contribution in [2.45, 2.75) is 18.0 Å². The van der Waals surface area contributed by atoms with Crippen LogP contribution >= 0.6 is 11.8 Å². The van der Waals surface area contributed by atoms with Crippen molar-refractivity contribution in [3.8, 4) is 0 Å². The van der Waals surface area contributed by atoms with E-state index in [1.807, 2.05) is 47.2 Å². The molecule has 1 fully saturated rings. The first-order valence-electron chi connectivity index (χ1n) is 10.8. The molecule has 0 bridgehead atoms. The van der Waals surface area contributed by atoms with Gasteiger partial charge >= 0.3 is 5.97 Å². The van der Waals surface area contributed by atoms with E-state index in [0.717, 1.165) is 10.9 Å². The average molecular weight is 510 g/mol. The number of oxime groups is 1. The number of fused-ring (bicyclic) bond motifs is 2. The highest BCUT2D eigenvalue weighted by Crippen LogP contribution is 2.40. The Balaban J connectivity index is 1.38. The number of carbonyl (C=O) groups excluding carboxylic acids is 2. The topological polar surface area (TPSA) is 164 Å². The number of amides is 2. The molecular formula is C23H21N6O6S+. The lowest BCUT2D eigenvalue weighted by atomic mass is 10.0. The zero-order valence-corrected chi connectivity index (χ0v) is 19.8. The van der Waals surface area contributed by atoms with Gasteiger partial charge in [0.15, 0.2) is 18.5 Å². The number of carboxylic acids is 1. The Labute approximate surface area is 208 Å². The van der Waals surface area contributed by atoms with Crippen LogP contribution in [0.25, 0.3) is 10.9 Å². The number of hydrogen-bond acceptors (Lipinski definition) is 9. The van der Waals surface area contributed by atoms with Crippen molar-refractivity contribution in [3.63, 3.8) is 0 Å². The fraction of sp³-hybridized carbons (Fsp3) is 0.217. The number of hydrogen-bond donors (Lipinski definition) is 3. The zero-order chi connectivity index (χ0) is 25.4. The minimum atomic E-state index is -1.20. The van der Waals surface area contributed by atoms with Crippen LogP contribution in [0, 0.1) is 0 Å². The van der Waals surface area contributed by atoms with E-state index >= 15 is 0 Å². The van der Waals surface area contributed by atoms with Gasteiger partial charge in [-0.25, -0.2) is 4.79 Å². The number of anilines is 1. The maximum Gasteiger partial charge on any atom is 0.352 e. The predicted molar refractivity (Wildman–Crippen MR) is 128 cm³/mol. The second-order valence-electron chi connectivity index (χ2n) is 8.05. The van der Waals surface area contributed by atoms with Crippen molar-refractivity contribution >= 4 is 52.0 Å². The lowest BCUT2D eigenvalue weighted by Gasteiger charge is -2.49. The number of rotatable bonds is 7. The summed E-state index contributed by atoms with van der Waals surface area (Å²) in [5, 5.41) is 20.3. The quantitative estimate of drug-likeness (QED) is 0.178. The number of β-lactam (4-membered cyclic amide) rings is 1. The molecule has 36 heavy (non-hydrogen) atoms. The smallest absolute Gasteiger partial charge is 0.352 e. The second-order valence-corrected chi connectivity index (χ2v) is 9.16. The Morgan fingerprint density at radius 2 is 2.14 bits per heavy atom. The summed E-state index contributed by atoms with van der Waals surface area (Å²) < 4.78 is 6.73. The molecule has 0 spiro atoms. The third kappa shape index (κ3) is 4.02. The van der Waals surface area contributed by atoms with Crippen molar-refractivity contribution in [1.29, 1.82) is 0 Å². The van der Waals surface area contributed by atoms with Crippen LogP contribution in [0.3, 0.4) is 0 Å². The highest BCUT2D eigenvalue weighted by atomic mass is 32.2. The van der Waals surface area contributed by atoms with Gasteiger partial charge in [0.05, 0.1) is 0 Å². The van der Waals surface area contributed by atoms with Crippen LogP contribution in [0.5, 0.6) is 0 Å². The van der Waals surface area contributed by atoms with Gasteiger partial charge in [0.1, 0.15) is 29.9 Å². The summed E-state index contributed by atoms with van der Waals surface area (Å²) in [6.45, 7) is 0.307. The Bertz CT molecular complexity index is 1440. The number of nitrogens with zero attached hydrogens (tertiary/aromatic N) is 4. The van der Waals surface area contributed by atoms with Crippen LogP contribution in [-0.4, -0.2) is 62.9 Å². The van der Waals surface area contributed by atoms with E-state index in [2.05, 4.69) is 15.6 Å². The third-order valence-corrected chi connectivity index (χ3v) is 7.19. The Kier molecular flexibility index (Phi) is 6.06. The van der Waals surface area contributed by atoms with Crippen LogP contribution in [0.15, 0.2) is 69.6 Å². The van der Waals surface area contributed by atoms with Crippen LogP contribution < -0.4 is 15.6 Å². The molecule has 4 heterocycles. The largest absolute Gasteiger partial charge is 0.477 e. The van der Waals surface area contributed by atoms with E-state index in [0.29, 0.717) is 17.9 Å². The summed E-state index contributed by atoms with van der Waals surface area (Å²) in [6, 6.07) is 12.0. The molecule has 12 nitrogen and oxygen atoms in total. The maximum atomic E-state index is 13.0. The monoisotopic (exact) mass is 509 g/mol. The molecule has 2 aliphatic heterocycles. The van der Waals surface area contributed by atoms with Crippen LogP contribution in [-0.2, 0) is 25.8 Å². The van der Waals surface area contributed by atoms with Gasteiger partial charge in [-0.15, -0.1) is 11.8 Å². The van der Waals surface area contributed by atoms with Gasteiger partial charge in [0.25, 0.3) is 11.8 Å². The van der Waals surface area contributed by atoms with Gasteiger partial charge in [0.2, 0.25) is 11.4 Å². The minimum Gasteiger partial charge on any atom is -0.477 e. The number of carboxylic acid groups (broad SMARTS) is 1. The fourth-order valence-electron chi connectivity index (χ4n) is 4.28. The molecule has 3 aromatic rings. The van der Waals surface area contributed by atoms with Crippen molar-refractivity contribution in [1.82, 2.24) is 15.4 Å². The molecule has 1 aromatic carbocycles. The molecular weight excluding hydrogens is 488 g/mol. The van der Waals surface area contributed by atoms with E-state index in [4.69, 9.17) is 15.1 Å². The van der Waals surface area contributed by atoms with E-state index in [9.17, 15) is 19.5 Å². The maximum absolute atomic E-state index is 13.0. The molecule has 5 rings (SSSR count). The van der Waals surface area contributed by atoms with E-state index < -0.39 is 29.2 Å². The van der Waals surface area contributed by atoms with Crippen molar-refractivity contribution in [2.75, 3.05) is 18.6 Å². The number of benzene rings is 1. The van der Waals surface area contributed by atoms with Gasteiger partial charge < -0.3 is 25.5 Å². The molecule has 4 N–H and O–H groups in total. The number of nitrogens with one attached hydrogen (secondary N) is 1. The first-order valence-corrected chi connectivity index (χ1v) is 11.9. The molecule has 1 saturated heterocycles. The number of para-hydroxylation sites is 1. The average Bonchev–Trinajstić information content (AvgIpc) is 3.31. The summed E-state index contributed by atoms with van der Waals surface area (Å²) in [7, 11) is 1.25. The molecule has 0 saturated carbocycles. The lowest BCUT2D eigenvalue weighted by Crippen LogP contribution is -2.71. The molecule has 2 atom stereocenters. The molecule has 13 heteroatoms. The van der Waals surface area contributed by atoms with Gasteiger partial charge in [-0.3, -0.25) is 14.5 Å². The Morgan fingerprint density at radius 1 is 1.36 bits per heavy atom. The van der Waals surface area contributed by atoms with Crippen LogP contribution in [0.1, 0.15) is 5.69 Å². The number of nitrogens with two attached hydrogens (primary N) is 1. The van der Waals surface area contributed by atoms with Gasteiger partial charge in [-0.2, -0.15) is 4.57 Å². The lowest BCUT2D eigenvalue weighted by molar-refractivity contribution is -0.663. The van der Waals surface area contributed by atoms with Crippen LogP contribution in [0.2, 0.25) is 0 Å². The number of aromatic nitrogens is 2. The summed E-state index contributed by atoms with van der Waals surface area (Å²) in [5.74, 6) is -2.12. The molecule has 2 amide bonds. The van der Waals surface area contributed by atoms with Crippen molar-refractivity contribution < 1.29 is 33.4 Å². The first kappa shape index (κ1) is 23.4. The van der Waals surface area contributed by atoms with Crippen molar-refractivity contribution in [3.05, 3.63) is 65.6 Å². The number of aliphatic carboxylic acids is 1. The molecule has 0 aliphatic carbocycles. The van der Waals surface area contributed by atoms with Gasteiger partial charge in [-0.05, 0) is 12.1 Å². The second kappa shape index (κ2) is 9.34. The van der Waals surface area contributed by atoms with Crippen LogP contribution in [0.4, 0.5) is 5.88 Å². The fourth-order valence-corrected chi connectivity index (χ4v) is 5.61. The SMILES string of the molecule is CON=C(C(=O)NC1C(=O)N2C(C(=O)O)=C(C[n+]3cccc4ccccc43)CS[C@@H]12)c1cc(N)on1. The standard InChI is InChI=1S/C23H20N6O6S/c1-34-27-17(14-9-16(24)35-26-14)20(30)25-18-21(31)29-19(23(32)33)13(11-36-22(18)29)10-28-8-4-6-12-5-2-3-7-15(12)28/h2-9,18,22H,10-11H2,1H3,(H3-,24,25,26,30,32,33)/p+1/t18?,22-/m0/s1. The van der Waals surface area contributed by atoms with E-state index in [-0.39, 0.29) is 23.0 Å². The summed E-state index contributed by atoms with van der Waals surface area (Å²) in [4.78, 5) is 44.1. The number of thioether (sulfide) groups is 1. The molecule has 2 aliphatic rings. The van der Waals surface area contributed by atoms with Gasteiger partial charge in [-0.1, -0.05) is 22.4 Å². The minimum absolute atomic E-state index is 0.0248. The first-order chi connectivity index (χ1) is 17.4. The molecule has 184 valence electrons. The highest BCUT2D eigenvalue weighted by molar-refractivity contribution is 8.00. The van der Waals surface area contributed by atoms with Gasteiger partial charge in [0, 0.05) is 34.9 Å². The Hall–Kier alpha value is -4.39. The van der Waals surface area contributed by atoms with E-state index in [1.165, 1.54) is 29.8 Å². The van der Waals surface area contributed by atoms with E-state index in [1.54, 1.807) is 0 Å². The summed E-state index contributed by atoms with van der Waals surface area (Å²) in [5.41, 5.74) is 6.81. The number of nitrogen functional groups attached to an aromatic ring is 1. The summed E-state index contributed by atoms with van der Waals surface area (Å²) >= 11 is 1.38. The normalized spacial score (nSPS) is 19.6. The molecule has 0 radical (unpaired) electrons. The molecule has 1 unspecified atom stereocenters. The highest BCUT2D eigenvalue weighted by Gasteiger charge is 2.54. The predicted octanol–water partition coefficient (Wildman–Crippen LogP) is 0.487. The zero-order valence-electron chi connectivity index (χ0n) is 19.0. The number of carbonyl (C=O) groups is 3. The Morgan fingerprint density at radius 3 is 2.86 bits per heavy atom.